The van der Waals surface area contributed by atoms with Gasteiger partial charge in [-0.3, -0.25) is 0 Å². The van der Waals surface area contributed by atoms with Gasteiger partial charge in [0.1, 0.15) is 0 Å². The minimum Gasteiger partial charge on any atom is -0.239 e. The van der Waals surface area contributed by atoms with E-state index in [9.17, 15) is 0 Å². The van der Waals surface area contributed by atoms with Crippen molar-refractivity contribution in [2.45, 2.75) is 59.3 Å². The number of hydrogen-bond donors (Lipinski definition) is 0. The van der Waals surface area contributed by atoms with Gasteiger partial charge in [0.2, 0.25) is 0 Å². The molecule has 1 rings (SSSR count). The van der Waals surface area contributed by atoms with Crippen molar-refractivity contribution in [2.75, 3.05) is 0 Å². The van der Waals surface area contributed by atoms with E-state index < -0.39 is 0 Å². The maximum absolute atomic E-state index is 7.48. The van der Waals surface area contributed by atoms with Crippen molar-refractivity contribution in [1.82, 2.24) is 0 Å². The highest BCUT2D eigenvalue weighted by molar-refractivity contribution is 5.76. The Morgan fingerprint density at radius 3 is 1.32 bits per heavy atom. The molecule has 0 aliphatic heterocycles. The SMILES string of the molecule is [C-]#[N+]c1c(C(C)C)cc(C(C)C)c([N+]#[C-])c1C(C)C. The van der Waals surface area contributed by atoms with Gasteiger partial charge >= 0.3 is 0 Å². The fourth-order valence-corrected chi connectivity index (χ4v) is 2.40. The fourth-order valence-electron chi connectivity index (χ4n) is 2.40. The molecule has 0 spiro atoms. The molecule has 0 fully saturated rings. The monoisotopic (exact) mass is 254 g/mol. The fraction of sp³-hybridized carbons (Fsp3) is 0.529. The van der Waals surface area contributed by atoms with Crippen LogP contribution in [0.5, 0.6) is 0 Å². The van der Waals surface area contributed by atoms with Crippen LogP contribution in [0.1, 0.15) is 76.0 Å². The Balaban J connectivity index is 3.85. The van der Waals surface area contributed by atoms with E-state index in [1.54, 1.807) is 0 Å². The van der Waals surface area contributed by atoms with Crippen molar-refractivity contribution in [3.05, 3.63) is 45.6 Å². The van der Waals surface area contributed by atoms with Crippen molar-refractivity contribution in [1.29, 1.82) is 0 Å². The van der Waals surface area contributed by atoms with Crippen LogP contribution in [0.3, 0.4) is 0 Å². The Kier molecular flexibility index (Phi) is 4.73. The molecular formula is C17H22N2. The van der Waals surface area contributed by atoms with Gasteiger partial charge < -0.3 is 0 Å². The average molecular weight is 254 g/mol. The van der Waals surface area contributed by atoms with Crippen LogP contribution in [-0.4, -0.2) is 0 Å². The Morgan fingerprint density at radius 1 is 0.737 bits per heavy atom. The maximum Gasteiger partial charge on any atom is 0.184 e. The molecule has 0 aliphatic carbocycles. The molecule has 0 unspecified atom stereocenters. The van der Waals surface area contributed by atoms with Crippen LogP contribution in [0.4, 0.5) is 11.4 Å². The van der Waals surface area contributed by atoms with E-state index in [1.807, 2.05) is 0 Å². The van der Waals surface area contributed by atoms with Gasteiger partial charge in [-0.2, -0.15) is 0 Å². The molecule has 0 amide bonds. The summed E-state index contributed by atoms with van der Waals surface area (Å²) < 4.78 is 0. The first kappa shape index (κ1) is 15.3. The largest absolute Gasteiger partial charge is 0.239 e. The van der Waals surface area contributed by atoms with E-state index in [4.69, 9.17) is 13.1 Å². The van der Waals surface area contributed by atoms with E-state index in [2.05, 4.69) is 57.3 Å². The van der Waals surface area contributed by atoms with Gasteiger partial charge in [0.15, 0.2) is 11.4 Å². The number of rotatable bonds is 3. The van der Waals surface area contributed by atoms with Gasteiger partial charge in [0.05, 0.1) is 13.1 Å². The molecule has 0 atom stereocenters. The van der Waals surface area contributed by atoms with Crippen LogP contribution in [0, 0.1) is 13.1 Å². The maximum atomic E-state index is 7.48. The van der Waals surface area contributed by atoms with Gasteiger partial charge in [0.25, 0.3) is 0 Å². The van der Waals surface area contributed by atoms with Crippen LogP contribution in [0.25, 0.3) is 9.69 Å². The second-order valence-electron chi connectivity index (χ2n) is 5.85. The highest BCUT2D eigenvalue weighted by atomic mass is 14.7. The molecule has 0 heterocycles. The zero-order valence-corrected chi connectivity index (χ0v) is 12.7. The third-order valence-electron chi connectivity index (χ3n) is 3.41. The average Bonchev–Trinajstić information content (AvgIpc) is 2.35. The van der Waals surface area contributed by atoms with Crippen molar-refractivity contribution in [3.63, 3.8) is 0 Å². The van der Waals surface area contributed by atoms with Crippen molar-refractivity contribution < 1.29 is 0 Å². The van der Waals surface area contributed by atoms with E-state index in [1.165, 1.54) is 0 Å². The zero-order valence-electron chi connectivity index (χ0n) is 12.7. The minimum absolute atomic E-state index is 0.199. The van der Waals surface area contributed by atoms with Gasteiger partial charge in [-0.05, 0) is 34.4 Å². The van der Waals surface area contributed by atoms with Crippen LogP contribution >= 0.6 is 0 Å². The lowest BCUT2D eigenvalue weighted by Gasteiger charge is -2.21. The predicted molar refractivity (Wildman–Crippen MR) is 81.2 cm³/mol. The molecule has 100 valence electrons. The number of benzene rings is 1. The van der Waals surface area contributed by atoms with Crippen LogP contribution in [0.15, 0.2) is 6.07 Å². The van der Waals surface area contributed by atoms with Gasteiger partial charge in [0, 0.05) is 0 Å². The van der Waals surface area contributed by atoms with Gasteiger partial charge in [-0.15, -0.1) is 0 Å². The van der Waals surface area contributed by atoms with E-state index >= 15 is 0 Å². The standard InChI is InChI=1S/C17H22N2/c1-10(2)13-9-14(11(3)4)17(19-8)15(12(5)6)16(13)18-7/h9-12H,1-6H3. The molecule has 0 bridgehead atoms. The van der Waals surface area contributed by atoms with Crippen molar-refractivity contribution >= 4 is 11.4 Å². The third-order valence-corrected chi connectivity index (χ3v) is 3.41. The molecule has 0 N–H and O–H groups in total. The zero-order chi connectivity index (χ0) is 14.7. The summed E-state index contributed by atoms with van der Waals surface area (Å²) in [4.78, 5) is 7.46. The Labute approximate surface area is 117 Å². The normalized spacial score (nSPS) is 10.9. The molecule has 1 aromatic carbocycles. The molecule has 0 aliphatic rings. The van der Waals surface area contributed by atoms with Crippen LogP contribution in [-0.2, 0) is 0 Å². The molecule has 1 aromatic rings. The van der Waals surface area contributed by atoms with Crippen LogP contribution in [0.2, 0.25) is 0 Å². The second-order valence-corrected chi connectivity index (χ2v) is 5.85. The van der Waals surface area contributed by atoms with Crippen LogP contribution < -0.4 is 0 Å². The Bertz CT molecular complexity index is 508. The summed E-state index contributed by atoms with van der Waals surface area (Å²) in [6.45, 7) is 27.5. The smallest absolute Gasteiger partial charge is 0.184 e. The summed E-state index contributed by atoms with van der Waals surface area (Å²) in [5, 5.41) is 0. The summed E-state index contributed by atoms with van der Waals surface area (Å²) >= 11 is 0. The third kappa shape index (κ3) is 2.79. The minimum atomic E-state index is 0.199. The first-order valence-electron chi connectivity index (χ1n) is 6.80. The molecule has 0 radical (unpaired) electrons. The lowest BCUT2D eigenvalue weighted by Crippen LogP contribution is -2.00. The van der Waals surface area contributed by atoms with Crippen molar-refractivity contribution in [2.24, 2.45) is 0 Å². The molecule has 19 heavy (non-hydrogen) atoms. The Morgan fingerprint density at radius 2 is 1.11 bits per heavy atom. The topological polar surface area (TPSA) is 8.72 Å². The summed E-state index contributed by atoms with van der Waals surface area (Å²) in [6.07, 6.45) is 0. The van der Waals surface area contributed by atoms with E-state index in [0.29, 0.717) is 23.2 Å². The molecular weight excluding hydrogens is 232 g/mol. The van der Waals surface area contributed by atoms with E-state index in [-0.39, 0.29) is 5.92 Å². The summed E-state index contributed by atoms with van der Waals surface area (Å²) in [5.74, 6) is 0.808. The molecule has 0 saturated heterocycles. The lowest BCUT2D eigenvalue weighted by atomic mass is 9.85. The van der Waals surface area contributed by atoms with Gasteiger partial charge in [-0.25, -0.2) is 9.69 Å². The number of nitrogens with zero attached hydrogens (tertiary/aromatic N) is 2. The molecule has 2 nitrogen and oxygen atoms in total. The molecule has 2 heteroatoms. The second kappa shape index (κ2) is 5.89. The highest BCUT2D eigenvalue weighted by Crippen LogP contribution is 2.45. The Hall–Kier alpha value is -1.80. The quantitative estimate of drug-likeness (QED) is 0.571. The van der Waals surface area contributed by atoms with Crippen molar-refractivity contribution in [3.8, 4) is 0 Å². The summed E-state index contributed by atoms with van der Waals surface area (Å²) in [7, 11) is 0. The van der Waals surface area contributed by atoms with Gasteiger partial charge in [-0.1, -0.05) is 47.6 Å². The highest BCUT2D eigenvalue weighted by Gasteiger charge is 2.22. The first-order chi connectivity index (χ1) is 8.84. The summed E-state index contributed by atoms with van der Waals surface area (Å²) in [6, 6.07) is 2.07. The molecule has 0 saturated carbocycles. The lowest BCUT2D eigenvalue weighted by molar-refractivity contribution is 0.816. The molecule has 0 aromatic heterocycles. The summed E-state index contributed by atoms with van der Waals surface area (Å²) in [5.41, 5.74) is 4.48. The number of hydrogen-bond acceptors (Lipinski definition) is 0. The van der Waals surface area contributed by atoms with E-state index in [0.717, 1.165) is 16.7 Å². The predicted octanol–water partition coefficient (Wildman–Crippen LogP) is 6.16. The first-order valence-corrected chi connectivity index (χ1v) is 6.80.